The molecule has 1 aliphatic heterocycles. The lowest BCUT2D eigenvalue weighted by molar-refractivity contribution is -0.140. The number of hydrogen-bond donors (Lipinski definition) is 0. The van der Waals surface area contributed by atoms with E-state index in [-0.39, 0.29) is 35.0 Å². The molecule has 0 N–H and O–H groups in total. The van der Waals surface area contributed by atoms with Crippen molar-refractivity contribution in [2.45, 2.75) is 65.7 Å². The highest BCUT2D eigenvalue weighted by atomic mass is 79.9. The summed E-state index contributed by atoms with van der Waals surface area (Å²) in [6.07, 6.45) is 4.88. The number of halogens is 1. The number of methoxy groups -OCH3 is 1. The Morgan fingerprint density at radius 3 is 2.39 bits per heavy atom. The molecule has 0 amide bonds. The lowest BCUT2D eigenvalue weighted by Crippen LogP contribution is -2.48. The van der Waals surface area contributed by atoms with Crippen molar-refractivity contribution < 1.29 is 23.5 Å². The smallest absolute Gasteiger partial charge is 0.343 e. The molecular formula is C25H40BrNO5Si. The number of carbonyl (C=O) groups excluding carboxylic acids is 2. The first-order valence-corrected chi connectivity index (χ1v) is 15.0. The van der Waals surface area contributed by atoms with Crippen LogP contribution in [0.15, 0.2) is 46.3 Å². The Balaban J connectivity index is 3.44. The number of hydrogen-bond acceptors (Lipinski definition) is 6. The number of ketones is 1. The van der Waals surface area contributed by atoms with Crippen molar-refractivity contribution in [1.29, 1.82) is 0 Å². The van der Waals surface area contributed by atoms with Gasteiger partial charge >= 0.3 is 5.97 Å². The zero-order chi connectivity index (χ0) is 25.6. The SMILES string of the molecule is C=C/C(OC)=C(Br)\C=C1/CN([C@H](CO[Si](C)(C)C(C)(C)C)C(C)C)C=C(C(=O)OCC)C1=O. The van der Waals surface area contributed by atoms with Crippen LogP contribution in [-0.2, 0) is 23.5 Å². The minimum atomic E-state index is -1.97. The minimum Gasteiger partial charge on any atom is -0.496 e. The van der Waals surface area contributed by atoms with E-state index in [9.17, 15) is 9.59 Å². The maximum absolute atomic E-state index is 13.2. The Morgan fingerprint density at radius 1 is 1.33 bits per heavy atom. The van der Waals surface area contributed by atoms with Crippen LogP contribution >= 0.6 is 15.9 Å². The zero-order valence-electron chi connectivity index (χ0n) is 21.6. The third-order valence-corrected chi connectivity index (χ3v) is 11.4. The third-order valence-electron chi connectivity index (χ3n) is 6.24. The second-order valence-electron chi connectivity index (χ2n) is 9.94. The van der Waals surface area contributed by atoms with E-state index in [0.717, 1.165) is 0 Å². The molecule has 0 aromatic heterocycles. The molecule has 186 valence electrons. The van der Waals surface area contributed by atoms with Gasteiger partial charge in [-0.25, -0.2) is 4.79 Å². The second-order valence-corrected chi connectivity index (χ2v) is 15.6. The minimum absolute atomic E-state index is 0.0187. The quantitative estimate of drug-likeness (QED) is 0.0878. The van der Waals surface area contributed by atoms with E-state index in [1.807, 2.05) is 4.90 Å². The number of nitrogens with zero attached hydrogens (tertiary/aromatic N) is 1. The highest BCUT2D eigenvalue weighted by Crippen LogP contribution is 2.37. The number of esters is 1. The molecule has 0 spiro atoms. The zero-order valence-corrected chi connectivity index (χ0v) is 24.2. The number of carbonyl (C=O) groups is 2. The van der Waals surface area contributed by atoms with E-state index in [2.05, 4.69) is 70.2 Å². The predicted octanol–water partition coefficient (Wildman–Crippen LogP) is 5.73. The summed E-state index contributed by atoms with van der Waals surface area (Å²) >= 11 is 3.46. The van der Waals surface area contributed by atoms with Crippen molar-refractivity contribution in [3.8, 4) is 0 Å². The van der Waals surface area contributed by atoms with Crippen molar-refractivity contribution in [3.63, 3.8) is 0 Å². The lowest BCUT2D eigenvalue weighted by Gasteiger charge is -2.41. The van der Waals surface area contributed by atoms with Crippen LogP contribution < -0.4 is 0 Å². The molecule has 0 bridgehead atoms. The van der Waals surface area contributed by atoms with Gasteiger partial charge in [-0.15, -0.1) is 0 Å². The van der Waals surface area contributed by atoms with E-state index in [1.54, 1.807) is 25.3 Å². The Hall–Kier alpha value is -1.64. The van der Waals surface area contributed by atoms with Gasteiger partial charge in [-0.1, -0.05) is 41.2 Å². The predicted molar refractivity (Wildman–Crippen MR) is 139 cm³/mol. The topological polar surface area (TPSA) is 65.1 Å². The van der Waals surface area contributed by atoms with Gasteiger partial charge in [0.05, 0.1) is 30.8 Å². The van der Waals surface area contributed by atoms with Crippen molar-refractivity contribution in [1.82, 2.24) is 4.90 Å². The molecule has 33 heavy (non-hydrogen) atoms. The Morgan fingerprint density at radius 2 is 1.94 bits per heavy atom. The molecule has 1 rings (SSSR count). The van der Waals surface area contributed by atoms with E-state index >= 15 is 0 Å². The molecule has 0 radical (unpaired) electrons. The maximum atomic E-state index is 13.2. The molecule has 0 fully saturated rings. The molecule has 0 aromatic carbocycles. The summed E-state index contributed by atoms with van der Waals surface area (Å²) in [6.45, 7) is 21.8. The number of Topliss-reactive ketones (excluding diaryl/α,β-unsaturated/α-hetero) is 1. The first-order valence-electron chi connectivity index (χ1n) is 11.3. The maximum Gasteiger partial charge on any atom is 0.343 e. The molecule has 1 atom stereocenters. The van der Waals surface area contributed by atoms with Crippen LogP contribution in [0.25, 0.3) is 0 Å². The molecule has 8 heteroatoms. The fraction of sp³-hybridized carbons (Fsp3) is 0.600. The molecule has 0 aliphatic carbocycles. The lowest BCUT2D eigenvalue weighted by atomic mass is 9.95. The van der Waals surface area contributed by atoms with Crippen LogP contribution in [0.5, 0.6) is 0 Å². The normalized spacial score (nSPS) is 18.2. The summed E-state index contributed by atoms with van der Waals surface area (Å²) < 4.78 is 17.6. The monoisotopic (exact) mass is 541 g/mol. The summed E-state index contributed by atoms with van der Waals surface area (Å²) in [5.74, 6) is -0.253. The average Bonchev–Trinajstić information content (AvgIpc) is 2.70. The summed E-state index contributed by atoms with van der Waals surface area (Å²) in [6, 6.07) is -0.0240. The Bertz CT molecular complexity index is 836. The molecule has 0 saturated heterocycles. The van der Waals surface area contributed by atoms with Crippen LogP contribution in [0.3, 0.4) is 0 Å². The van der Waals surface area contributed by atoms with E-state index in [0.29, 0.717) is 29.0 Å². The number of rotatable bonds is 10. The number of allylic oxidation sites excluding steroid dienone is 3. The average molecular weight is 543 g/mol. The first-order chi connectivity index (χ1) is 15.2. The van der Waals surface area contributed by atoms with Gasteiger partial charge in [-0.3, -0.25) is 4.79 Å². The van der Waals surface area contributed by atoms with Gasteiger partial charge in [-0.05, 0) is 59.1 Å². The van der Waals surface area contributed by atoms with Gasteiger partial charge in [0.2, 0.25) is 0 Å². The molecule has 0 aromatic rings. The van der Waals surface area contributed by atoms with Gasteiger partial charge in [0.25, 0.3) is 0 Å². The molecule has 6 nitrogen and oxygen atoms in total. The van der Waals surface area contributed by atoms with E-state index < -0.39 is 14.3 Å². The van der Waals surface area contributed by atoms with Crippen molar-refractivity contribution >= 4 is 36.0 Å². The second kappa shape index (κ2) is 12.2. The summed E-state index contributed by atoms with van der Waals surface area (Å²) in [4.78, 5) is 27.8. The van der Waals surface area contributed by atoms with Gasteiger partial charge in [-0.2, -0.15) is 0 Å². The van der Waals surface area contributed by atoms with Crippen LogP contribution in [0.4, 0.5) is 0 Å². The molecule has 1 aliphatic rings. The van der Waals surface area contributed by atoms with Crippen LogP contribution in [-0.4, -0.2) is 57.9 Å². The first kappa shape index (κ1) is 29.4. The Kier molecular flexibility index (Phi) is 10.8. The fourth-order valence-electron chi connectivity index (χ4n) is 3.07. The van der Waals surface area contributed by atoms with Crippen LogP contribution in [0, 0.1) is 5.92 Å². The van der Waals surface area contributed by atoms with E-state index in [1.165, 1.54) is 7.11 Å². The molecule has 0 unspecified atom stereocenters. The Labute approximate surface area is 209 Å². The number of ether oxygens (including phenoxy) is 2. The van der Waals surface area contributed by atoms with E-state index in [4.69, 9.17) is 13.9 Å². The van der Waals surface area contributed by atoms with Gasteiger partial charge in [0.15, 0.2) is 14.1 Å². The highest BCUT2D eigenvalue weighted by molar-refractivity contribution is 9.11. The highest BCUT2D eigenvalue weighted by Gasteiger charge is 2.39. The fourth-order valence-corrected chi connectivity index (χ4v) is 4.69. The summed E-state index contributed by atoms with van der Waals surface area (Å²) in [5, 5.41) is 0.0836. The van der Waals surface area contributed by atoms with Gasteiger partial charge < -0.3 is 18.8 Å². The van der Waals surface area contributed by atoms with Crippen LogP contribution in [0.2, 0.25) is 18.1 Å². The van der Waals surface area contributed by atoms with Gasteiger partial charge in [0, 0.05) is 18.3 Å². The standard InChI is InChI=1S/C25H40BrNO5Si/c1-11-22(30-8)20(26)13-18-14-27(15-19(23(18)28)24(29)31-12-2)21(17(3)4)16-32-33(9,10)25(5,6)7/h11,13,15,17,21H,1,12,14,16H2,2-10H3/b18-13+,22-20-/t21-/m1/s1. The third kappa shape index (κ3) is 7.69. The molecular weight excluding hydrogens is 502 g/mol. The summed E-state index contributed by atoms with van der Waals surface area (Å²) in [5.41, 5.74) is 0.479. The largest absolute Gasteiger partial charge is 0.496 e. The summed E-state index contributed by atoms with van der Waals surface area (Å²) in [7, 11) is -0.443. The molecule has 1 heterocycles. The van der Waals surface area contributed by atoms with Crippen molar-refractivity contribution in [2.75, 3.05) is 26.9 Å². The van der Waals surface area contributed by atoms with Crippen molar-refractivity contribution in [3.05, 3.63) is 46.3 Å². The molecule has 0 saturated carbocycles. The van der Waals surface area contributed by atoms with Crippen LogP contribution in [0.1, 0.15) is 41.5 Å². The van der Waals surface area contributed by atoms with Crippen molar-refractivity contribution in [2.24, 2.45) is 5.92 Å². The van der Waals surface area contributed by atoms with Gasteiger partial charge in [0.1, 0.15) is 11.3 Å².